The van der Waals surface area contributed by atoms with Crippen LogP contribution < -0.4 is 51.4 Å². The van der Waals surface area contributed by atoms with Crippen molar-refractivity contribution in [2.75, 3.05) is 0 Å². The first-order valence-electron chi connectivity index (χ1n) is 2.12. The molecule has 0 aromatic heterocycles. The van der Waals surface area contributed by atoms with Crippen molar-refractivity contribution in [2.24, 2.45) is 0 Å². The van der Waals surface area contributed by atoms with Crippen molar-refractivity contribution in [3.05, 3.63) is 35.9 Å². The van der Waals surface area contributed by atoms with Gasteiger partial charge in [0, 0.05) is 11.6 Å². The maximum absolute atomic E-state index is 11.9. The molecule has 0 saturated heterocycles. The minimum absolute atomic E-state index is 0. The minimum Gasteiger partial charge on any atom is -0.281 e. The summed E-state index contributed by atoms with van der Waals surface area (Å²) in [6.45, 7) is 0. The average molecular weight is 152 g/mol. The van der Waals surface area contributed by atoms with Gasteiger partial charge in [-0.1, -0.05) is 0 Å². The van der Waals surface area contributed by atoms with Gasteiger partial charge in [0.15, 0.2) is 0 Å². The quantitative estimate of drug-likeness (QED) is 0.322. The van der Waals surface area contributed by atoms with Gasteiger partial charge in [-0.25, -0.2) is 4.39 Å². The molecule has 42 valence electrons. The Bertz CT molecular complexity index is 167. The van der Waals surface area contributed by atoms with Crippen molar-refractivity contribution in [1.82, 2.24) is 0 Å². The van der Waals surface area contributed by atoms with Gasteiger partial charge in [0.2, 0.25) is 0 Å². The van der Waals surface area contributed by atoms with Gasteiger partial charge < -0.3 is 0 Å². The molecule has 0 nitrogen and oxygen atoms in total. The Kier molecular flexibility index (Phi) is 4.88. The maximum Gasteiger partial charge on any atom is 1.00 e. The molecule has 0 fully saturated rings. The molecule has 0 aliphatic heterocycles. The van der Waals surface area contributed by atoms with Gasteiger partial charge in [-0.05, 0) is 0 Å². The predicted molar refractivity (Wildman–Crippen MR) is 25.2 cm³/mol. The molecule has 1 aromatic rings. The summed E-state index contributed by atoms with van der Waals surface area (Å²) in [5.74, 6) is -1.78. The molecular formula is C6H3F2K. The van der Waals surface area contributed by atoms with Crippen LogP contribution in [0, 0.1) is 17.7 Å². The Labute approximate surface area is 94.7 Å². The van der Waals surface area contributed by atoms with Crippen LogP contribution in [0.2, 0.25) is 0 Å². The van der Waals surface area contributed by atoms with Crippen LogP contribution in [0.25, 0.3) is 0 Å². The molecule has 0 heterocycles. The monoisotopic (exact) mass is 152 g/mol. The Morgan fingerprint density at radius 2 is 2.00 bits per heavy atom. The van der Waals surface area contributed by atoms with E-state index in [1.54, 1.807) is 0 Å². The van der Waals surface area contributed by atoms with Crippen LogP contribution in [0.4, 0.5) is 8.78 Å². The average Bonchev–Trinajstić information content (AvgIpc) is 1.77. The van der Waals surface area contributed by atoms with Gasteiger partial charge in [0.25, 0.3) is 0 Å². The first-order valence-corrected chi connectivity index (χ1v) is 2.12. The molecule has 0 atom stereocenters. The van der Waals surface area contributed by atoms with Gasteiger partial charge in [-0.3, -0.25) is 4.39 Å². The molecule has 9 heavy (non-hydrogen) atoms. The second kappa shape index (κ2) is 4.52. The van der Waals surface area contributed by atoms with Crippen LogP contribution in [0.5, 0.6) is 0 Å². The Morgan fingerprint density at radius 1 is 1.33 bits per heavy atom. The third kappa shape index (κ3) is 2.86. The zero-order valence-corrected chi connectivity index (χ0v) is 8.11. The van der Waals surface area contributed by atoms with Crippen molar-refractivity contribution in [2.45, 2.75) is 0 Å². The standard InChI is InChI=1S/C6H3F2.K/c7-5-3-1-2-4-6(5)8;/h1-3H;/q-1;+1. The van der Waals surface area contributed by atoms with E-state index >= 15 is 0 Å². The van der Waals surface area contributed by atoms with E-state index in [0.717, 1.165) is 6.07 Å². The van der Waals surface area contributed by atoms with Crippen molar-refractivity contribution in [1.29, 1.82) is 0 Å². The third-order valence-electron chi connectivity index (χ3n) is 0.759. The van der Waals surface area contributed by atoms with Gasteiger partial charge >= 0.3 is 51.4 Å². The molecule has 0 radical (unpaired) electrons. The number of hydrogen-bond acceptors (Lipinski definition) is 0. The van der Waals surface area contributed by atoms with Gasteiger partial charge in [0.05, 0.1) is 0 Å². The van der Waals surface area contributed by atoms with Crippen molar-refractivity contribution >= 4 is 0 Å². The number of hydrogen-bond donors (Lipinski definition) is 0. The Hall–Kier alpha value is 0.716. The van der Waals surface area contributed by atoms with Crippen LogP contribution in [-0.2, 0) is 0 Å². The van der Waals surface area contributed by atoms with Crippen LogP contribution in [-0.4, -0.2) is 0 Å². The largest absolute Gasteiger partial charge is 1.00 e. The van der Waals surface area contributed by atoms with Crippen LogP contribution in [0.3, 0.4) is 0 Å². The Morgan fingerprint density at radius 3 is 2.33 bits per heavy atom. The third-order valence-corrected chi connectivity index (χ3v) is 0.759. The SMILES string of the molecule is Fc1[c-]cccc1F.[K+]. The minimum atomic E-state index is -0.924. The molecule has 0 aliphatic rings. The zero-order valence-electron chi connectivity index (χ0n) is 4.99. The van der Waals surface area contributed by atoms with Gasteiger partial charge in [-0.2, -0.15) is 12.1 Å². The first kappa shape index (κ1) is 9.72. The zero-order chi connectivity index (χ0) is 5.98. The van der Waals surface area contributed by atoms with E-state index < -0.39 is 11.6 Å². The molecule has 0 N–H and O–H groups in total. The van der Waals surface area contributed by atoms with E-state index in [1.165, 1.54) is 12.1 Å². The van der Waals surface area contributed by atoms with E-state index in [-0.39, 0.29) is 51.4 Å². The van der Waals surface area contributed by atoms with Crippen LogP contribution >= 0.6 is 0 Å². The summed E-state index contributed by atoms with van der Waals surface area (Å²) >= 11 is 0. The maximum atomic E-state index is 11.9. The summed E-state index contributed by atoms with van der Waals surface area (Å²) in [7, 11) is 0. The first-order chi connectivity index (χ1) is 3.80. The smallest absolute Gasteiger partial charge is 0.281 e. The van der Waals surface area contributed by atoms with Crippen molar-refractivity contribution < 1.29 is 60.2 Å². The topological polar surface area (TPSA) is 0 Å². The molecule has 1 rings (SSSR count). The molecule has 0 unspecified atom stereocenters. The molecule has 0 bridgehead atoms. The summed E-state index contributed by atoms with van der Waals surface area (Å²) in [6, 6.07) is 5.81. The fourth-order valence-electron chi connectivity index (χ4n) is 0.396. The van der Waals surface area contributed by atoms with E-state index in [1.807, 2.05) is 0 Å². The van der Waals surface area contributed by atoms with Gasteiger partial charge in [0.1, 0.15) is 0 Å². The number of rotatable bonds is 0. The molecule has 0 saturated carbocycles. The summed E-state index contributed by atoms with van der Waals surface area (Å²) < 4.78 is 23.8. The van der Waals surface area contributed by atoms with E-state index in [2.05, 4.69) is 6.07 Å². The number of halogens is 2. The van der Waals surface area contributed by atoms with Crippen molar-refractivity contribution in [3.8, 4) is 0 Å². The van der Waals surface area contributed by atoms with Crippen LogP contribution in [0.15, 0.2) is 18.2 Å². The molecule has 0 aliphatic carbocycles. The molecule has 0 amide bonds. The summed E-state index contributed by atoms with van der Waals surface area (Å²) in [5.41, 5.74) is 0. The molecular weight excluding hydrogens is 149 g/mol. The molecule has 1 aromatic carbocycles. The normalized spacial score (nSPS) is 8.22. The van der Waals surface area contributed by atoms with E-state index in [0.29, 0.717) is 0 Å². The fraction of sp³-hybridized carbons (Fsp3) is 0. The molecule has 0 spiro atoms. The Balaban J connectivity index is 0.000000640. The van der Waals surface area contributed by atoms with Crippen LogP contribution in [0.1, 0.15) is 0 Å². The van der Waals surface area contributed by atoms with E-state index in [4.69, 9.17) is 0 Å². The van der Waals surface area contributed by atoms with Gasteiger partial charge in [-0.15, -0.1) is 12.1 Å². The number of benzene rings is 1. The predicted octanol–water partition coefficient (Wildman–Crippen LogP) is -1.23. The second-order valence-corrected chi connectivity index (χ2v) is 1.33. The second-order valence-electron chi connectivity index (χ2n) is 1.33. The summed E-state index contributed by atoms with van der Waals surface area (Å²) in [4.78, 5) is 0. The fourth-order valence-corrected chi connectivity index (χ4v) is 0.396. The summed E-state index contributed by atoms with van der Waals surface area (Å²) in [6.07, 6.45) is 0. The summed E-state index contributed by atoms with van der Waals surface area (Å²) in [5, 5.41) is 0. The van der Waals surface area contributed by atoms with E-state index in [9.17, 15) is 8.78 Å². The molecule has 3 heteroatoms. The van der Waals surface area contributed by atoms with Crippen molar-refractivity contribution in [3.63, 3.8) is 0 Å².